The topological polar surface area (TPSA) is 12.9 Å². The van der Waals surface area contributed by atoms with Crippen LogP contribution < -0.4 is 4.17 Å². The van der Waals surface area contributed by atoms with Gasteiger partial charge in [-0.25, -0.2) is 0 Å². The fourth-order valence-corrected chi connectivity index (χ4v) is 3.09. The second-order valence-electron chi connectivity index (χ2n) is 1.41. The minimum absolute atomic E-state index is 0.550. The first-order chi connectivity index (χ1) is 4.72. The minimum atomic E-state index is -1.67. The number of hydrogen-bond acceptors (Lipinski definition) is 1. The van der Waals surface area contributed by atoms with E-state index in [2.05, 4.69) is 4.98 Å². The van der Waals surface area contributed by atoms with E-state index in [4.69, 9.17) is 30.7 Å². The first-order valence-corrected chi connectivity index (χ1v) is 7.43. The average Bonchev–Trinajstić information content (AvgIpc) is 1.88. The van der Waals surface area contributed by atoms with Gasteiger partial charge in [-0.15, -0.1) is 0 Å². The standard InChI is InChI=1S/C5H3ClN.2ClH.Pd/c6-5-2-1-3-7-4-5;;;/h1-3H;2*1H;/q;;;+2/p-2. The van der Waals surface area contributed by atoms with Gasteiger partial charge in [-0.3, -0.25) is 0 Å². The van der Waals surface area contributed by atoms with Crippen LogP contribution in [0.5, 0.6) is 0 Å². The average molecular weight is 290 g/mol. The molecule has 10 heavy (non-hydrogen) atoms. The molecule has 1 nitrogen and oxygen atoms in total. The molecule has 0 radical (unpaired) electrons. The molecular formula is C5H3Cl3NPd. The molecule has 1 aromatic heterocycles. The molecule has 1 rings (SSSR count). The molecule has 0 fully saturated rings. The normalized spacial score (nSPS) is 11.3. The van der Waals surface area contributed by atoms with E-state index in [1.165, 1.54) is 0 Å². The van der Waals surface area contributed by atoms with E-state index < -0.39 is 14.7 Å². The molecule has 0 amide bonds. The van der Waals surface area contributed by atoms with Crippen molar-refractivity contribution in [3.05, 3.63) is 23.4 Å². The monoisotopic (exact) mass is 288 g/mol. The summed E-state index contributed by atoms with van der Waals surface area (Å²) in [6.45, 7) is 0. The molecule has 0 aliphatic rings. The Morgan fingerprint density at radius 1 is 1.40 bits per heavy atom. The number of hydrogen-bond donors (Lipinski definition) is 0. The van der Waals surface area contributed by atoms with Crippen LogP contribution in [0.4, 0.5) is 0 Å². The van der Waals surface area contributed by atoms with Crippen LogP contribution in [0.15, 0.2) is 18.3 Å². The van der Waals surface area contributed by atoms with Crippen LogP contribution >= 0.6 is 30.7 Å². The predicted molar refractivity (Wildman–Crippen MR) is 40.6 cm³/mol. The van der Waals surface area contributed by atoms with Gasteiger partial charge in [0, 0.05) is 0 Å². The van der Waals surface area contributed by atoms with Gasteiger partial charge in [0.25, 0.3) is 0 Å². The summed E-state index contributed by atoms with van der Waals surface area (Å²) in [6, 6.07) is 3.47. The summed E-state index contributed by atoms with van der Waals surface area (Å²) in [4.78, 5) is 3.93. The Bertz CT molecular complexity index is 228. The quantitative estimate of drug-likeness (QED) is 0.723. The van der Waals surface area contributed by atoms with Crippen molar-refractivity contribution in [2.75, 3.05) is 0 Å². The van der Waals surface area contributed by atoms with Crippen LogP contribution in [0, 0.1) is 0 Å². The van der Waals surface area contributed by atoms with Gasteiger partial charge in [-0.05, 0) is 0 Å². The molecule has 5 heteroatoms. The van der Waals surface area contributed by atoms with E-state index in [-0.39, 0.29) is 0 Å². The van der Waals surface area contributed by atoms with Gasteiger partial charge < -0.3 is 0 Å². The molecule has 0 atom stereocenters. The summed E-state index contributed by atoms with van der Waals surface area (Å²) in [5, 5.41) is 0.550. The van der Waals surface area contributed by atoms with Crippen molar-refractivity contribution in [1.82, 2.24) is 4.98 Å². The second kappa shape index (κ2) is 3.90. The number of halogens is 3. The van der Waals surface area contributed by atoms with E-state index in [1.54, 1.807) is 18.3 Å². The molecule has 59 valence electrons. The van der Waals surface area contributed by atoms with Gasteiger partial charge in [-0.2, -0.15) is 0 Å². The Labute approximate surface area is 77.5 Å². The Morgan fingerprint density at radius 2 is 2.10 bits per heavy atom. The van der Waals surface area contributed by atoms with Crippen LogP contribution in [-0.2, 0) is 14.7 Å². The van der Waals surface area contributed by atoms with Crippen LogP contribution in [0.1, 0.15) is 0 Å². The van der Waals surface area contributed by atoms with Gasteiger partial charge in [0.1, 0.15) is 0 Å². The first kappa shape index (κ1) is 8.78. The third kappa shape index (κ3) is 2.08. The van der Waals surface area contributed by atoms with Crippen LogP contribution in [0.25, 0.3) is 0 Å². The fourth-order valence-electron chi connectivity index (χ4n) is 0.445. The van der Waals surface area contributed by atoms with Crippen molar-refractivity contribution in [3.8, 4) is 0 Å². The summed E-state index contributed by atoms with van der Waals surface area (Å²) in [6.07, 6.45) is 1.63. The summed E-state index contributed by atoms with van der Waals surface area (Å²) < 4.78 is 0.624. The number of aromatic nitrogens is 1. The molecule has 0 aliphatic carbocycles. The van der Waals surface area contributed by atoms with E-state index in [0.717, 1.165) is 0 Å². The van der Waals surface area contributed by atoms with E-state index in [1.807, 2.05) is 0 Å². The Balaban J connectivity index is 3.03. The fraction of sp³-hybridized carbons (Fsp3) is 0. The molecule has 0 unspecified atom stereocenters. The SMILES string of the molecule is Clc1cccn[c]1[Pd]([Cl])[Cl]. The van der Waals surface area contributed by atoms with Crippen LogP contribution in [-0.4, -0.2) is 4.98 Å². The molecule has 0 saturated carbocycles. The molecule has 0 saturated heterocycles. The van der Waals surface area contributed by atoms with Gasteiger partial charge in [0.15, 0.2) is 0 Å². The third-order valence-corrected chi connectivity index (χ3v) is 3.84. The van der Waals surface area contributed by atoms with Gasteiger partial charge in [0.2, 0.25) is 0 Å². The summed E-state index contributed by atoms with van der Waals surface area (Å²) in [5.74, 6) is 0. The molecule has 0 N–H and O–H groups in total. The molecular weight excluding hydrogens is 287 g/mol. The molecule has 0 aromatic carbocycles. The zero-order valence-electron chi connectivity index (χ0n) is 4.63. The zero-order valence-corrected chi connectivity index (χ0v) is 8.45. The number of nitrogens with zero attached hydrogens (tertiary/aromatic N) is 1. The van der Waals surface area contributed by atoms with E-state index in [0.29, 0.717) is 9.19 Å². The van der Waals surface area contributed by atoms with Gasteiger partial charge in [-0.1, -0.05) is 0 Å². The van der Waals surface area contributed by atoms with Crippen molar-refractivity contribution in [3.63, 3.8) is 0 Å². The first-order valence-electron chi connectivity index (χ1n) is 2.27. The van der Waals surface area contributed by atoms with Crippen molar-refractivity contribution in [2.45, 2.75) is 0 Å². The number of pyridine rings is 1. The number of rotatable bonds is 1. The van der Waals surface area contributed by atoms with Crippen LogP contribution in [0.2, 0.25) is 5.02 Å². The molecule has 0 bridgehead atoms. The molecule has 0 aliphatic heterocycles. The predicted octanol–water partition coefficient (Wildman–Crippen LogP) is 2.29. The maximum absolute atomic E-state index is 5.72. The van der Waals surface area contributed by atoms with Crippen molar-refractivity contribution >= 4 is 34.8 Å². The van der Waals surface area contributed by atoms with Crippen molar-refractivity contribution in [1.29, 1.82) is 0 Å². The summed E-state index contributed by atoms with van der Waals surface area (Å²) >= 11 is 4.05. The van der Waals surface area contributed by atoms with Crippen molar-refractivity contribution in [2.24, 2.45) is 0 Å². The summed E-state index contributed by atoms with van der Waals surface area (Å²) in [5.41, 5.74) is 0. The van der Waals surface area contributed by atoms with Crippen molar-refractivity contribution < 1.29 is 14.7 Å². The van der Waals surface area contributed by atoms with Gasteiger partial charge in [0.05, 0.1) is 0 Å². The molecule has 1 heterocycles. The third-order valence-electron chi connectivity index (χ3n) is 0.804. The second-order valence-corrected chi connectivity index (χ2v) is 6.92. The van der Waals surface area contributed by atoms with Gasteiger partial charge >= 0.3 is 77.9 Å². The van der Waals surface area contributed by atoms with E-state index in [9.17, 15) is 0 Å². The zero-order chi connectivity index (χ0) is 7.56. The Morgan fingerprint density at radius 3 is 2.50 bits per heavy atom. The Kier molecular flexibility index (Phi) is 3.42. The van der Waals surface area contributed by atoms with Crippen LogP contribution in [0.3, 0.4) is 0 Å². The Hall–Kier alpha value is 0.682. The summed E-state index contributed by atoms with van der Waals surface area (Å²) in [7, 11) is 11.3. The maximum atomic E-state index is 5.72. The van der Waals surface area contributed by atoms with E-state index >= 15 is 0 Å². The molecule has 0 spiro atoms. The molecule has 1 aromatic rings.